The molecule has 0 bridgehead atoms. The first-order valence-electron chi connectivity index (χ1n) is 7.14. The first kappa shape index (κ1) is 17.5. The minimum Gasteiger partial charge on any atom is -0.370 e. The number of rotatable bonds is 8. The van der Waals surface area contributed by atoms with Gasteiger partial charge in [-0.1, -0.05) is 0 Å². The maximum Gasteiger partial charge on any atom is 0.272 e. The predicted octanol–water partition coefficient (Wildman–Crippen LogP) is -0.0320. The highest BCUT2D eigenvalue weighted by molar-refractivity contribution is 7.11. The van der Waals surface area contributed by atoms with Crippen molar-refractivity contribution in [3.63, 3.8) is 0 Å². The number of guanidine groups is 1. The molecule has 10 heteroatoms. The van der Waals surface area contributed by atoms with E-state index in [0.29, 0.717) is 24.4 Å². The fraction of sp³-hybridized carbons (Fsp3) is 0.286. The third kappa shape index (κ3) is 5.09. The smallest absolute Gasteiger partial charge is 0.272 e. The zero-order valence-corrected chi connectivity index (χ0v) is 13.6. The Balaban J connectivity index is 2.05. The second-order valence-electron chi connectivity index (χ2n) is 4.77. The van der Waals surface area contributed by atoms with Gasteiger partial charge in [0.1, 0.15) is 5.69 Å². The zero-order chi connectivity index (χ0) is 17.4. The number of Topliss-reactive ketones (excluding diaryl/α,β-unsaturated/α-hetero) is 1. The summed E-state index contributed by atoms with van der Waals surface area (Å²) in [7, 11) is 0. The number of hydrogen-bond donors (Lipinski definition) is 3. The van der Waals surface area contributed by atoms with Crippen molar-refractivity contribution in [3.05, 3.63) is 40.9 Å². The van der Waals surface area contributed by atoms with Crippen LogP contribution in [0.3, 0.4) is 0 Å². The topological polar surface area (TPSA) is 149 Å². The van der Waals surface area contributed by atoms with Crippen LogP contribution in [0.5, 0.6) is 0 Å². The van der Waals surface area contributed by atoms with Crippen LogP contribution in [0.2, 0.25) is 0 Å². The van der Waals surface area contributed by atoms with Gasteiger partial charge in [-0.05, 0) is 12.8 Å². The molecule has 2 aromatic heterocycles. The van der Waals surface area contributed by atoms with E-state index in [1.807, 2.05) is 0 Å². The fourth-order valence-corrected chi connectivity index (χ4v) is 2.55. The van der Waals surface area contributed by atoms with Gasteiger partial charge in [-0.2, -0.15) is 0 Å². The van der Waals surface area contributed by atoms with E-state index in [1.54, 1.807) is 11.6 Å². The summed E-state index contributed by atoms with van der Waals surface area (Å²) in [6.45, 7) is 0.366. The third-order valence-corrected chi connectivity index (χ3v) is 3.79. The van der Waals surface area contributed by atoms with E-state index < -0.39 is 11.9 Å². The van der Waals surface area contributed by atoms with Crippen LogP contribution >= 0.6 is 11.3 Å². The van der Waals surface area contributed by atoms with Crippen molar-refractivity contribution in [1.82, 2.24) is 20.3 Å². The number of nitrogens with one attached hydrogen (secondary N) is 1. The molecule has 1 atom stereocenters. The quantitative estimate of drug-likeness (QED) is 0.262. The molecular weight excluding hydrogens is 330 g/mol. The second kappa shape index (κ2) is 8.67. The minimum absolute atomic E-state index is 0.0126. The molecule has 2 heterocycles. The highest BCUT2D eigenvalue weighted by Gasteiger charge is 2.24. The number of hydrogen-bond acceptors (Lipinski definition) is 7. The lowest BCUT2D eigenvalue weighted by Gasteiger charge is -2.15. The summed E-state index contributed by atoms with van der Waals surface area (Å²) >= 11 is 1.22. The Labute approximate surface area is 142 Å². The molecule has 0 saturated heterocycles. The summed E-state index contributed by atoms with van der Waals surface area (Å²) in [5.74, 6) is -0.742. The molecular formula is C14H17N7O2S. The van der Waals surface area contributed by atoms with Crippen molar-refractivity contribution in [2.75, 3.05) is 6.54 Å². The largest absolute Gasteiger partial charge is 0.370 e. The molecule has 5 N–H and O–H groups in total. The summed E-state index contributed by atoms with van der Waals surface area (Å²) in [5.41, 5.74) is 10.7. The molecule has 2 aromatic rings. The summed E-state index contributed by atoms with van der Waals surface area (Å²) in [4.78, 5) is 40.4. The summed E-state index contributed by atoms with van der Waals surface area (Å²) in [5, 5.41) is 4.71. The Morgan fingerprint density at radius 2 is 2.08 bits per heavy atom. The number of aromatic nitrogens is 3. The average molecular weight is 347 g/mol. The van der Waals surface area contributed by atoms with Crippen LogP contribution in [0.4, 0.5) is 0 Å². The van der Waals surface area contributed by atoms with Crippen LogP contribution < -0.4 is 16.8 Å². The highest BCUT2D eigenvalue weighted by Crippen LogP contribution is 2.11. The molecule has 0 radical (unpaired) electrons. The lowest BCUT2D eigenvalue weighted by molar-refractivity contribution is 0.0848. The number of nitrogens with two attached hydrogens (primary N) is 2. The zero-order valence-electron chi connectivity index (χ0n) is 12.8. The van der Waals surface area contributed by atoms with Gasteiger partial charge in [0, 0.05) is 30.5 Å². The molecule has 0 aliphatic heterocycles. The number of amides is 1. The Hall–Kier alpha value is -2.88. The van der Waals surface area contributed by atoms with Crippen LogP contribution in [-0.2, 0) is 0 Å². The fourth-order valence-electron chi connectivity index (χ4n) is 1.92. The van der Waals surface area contributed by atoms with Gasteiger partial charge >= 0.3 is 0 Å². The number of carbonyl (C=O) groups excluding carboxylic acids is 2. The van der Waals surface area contributed by atoms with Crippen molar-refractivity contribution in [2.45, 2.75) is 18.9 Å². The van der Waals surface area contributed by atoms with Gasteiger partial charge in [-0.3, -0.25) is 19.6 Å². The highest BCUT2D eigenvalue weighted by atomic mass is 32.1. The molecule has 2 rings (SSSR count). The number of ketones is 1. The van der Waals surface area contributed by atoms with E-state index >= 15 is 0 Å². The third-order valence-electron chi connectivity index (χ3n) is 3.01. The molecule has 0 aliphatic carbocycles. The molecule has 0 aliphatic rings. The summed E-state index contributed by atoms with van der Waals surface area (Å²) in [6, 6.07) is -0.736. The van der Waals surface area contributed by atoms with Gasteiger partial charge in [0.25, 0.3) is 5.91 Å². The Kier molecular flexibility index (Phi) is 6.32. The summed E-state index contributed by atoms with van der Waals surface area (Å²) in [6.07, 6.45) is 6.65. The van der Waals surface area contributed by atoms with Crippen LogP contribution in [-0.4, -0.2) is 45.2 Å². The predicted molar refractivity (Wildman–Crippen MR) is 89.6 cm³/mol. The molecule has 1 unspecified atom stereocenters. The molecule has 0 saturated carbocycles. The molecule has 0 spiro atoms. The number of carbonyl (C=O) groups is 2. The van der Waals surface area contributed by atoms with Crippen molar-refractivity contribution >= 4 is 29.0 Å². The lowest BCUT2D eigenvalue weighted by atomic mass is 10.1. The SMILES string of the molecule is NC(N)=NCCCC(NC(=O)c1cnccn1)C(=O)c1nccs1. The number of aliphatic imine (C=N–C) groups is 1. The molecule has 9 nitrogen and oxygen atoms in total. The molecule has 24 heavy (non-hydrogen) atoms. The van der Waals surface area contributed by atoms with Gasteiger partial charge in [-0.15, -0.1) is 11.3 Å². The number of thiazole rings is 1. The van der Waals surface area contributed by atoms with Crippen LogP contribution in [0.25, 0.3) is 0 Å². The van der Waals surface area contributed by atoms with E-state index in [-0.39, 0.29) is 17.4 Å². The normalized spacial score (nSPS) is 11.5. The maximum atomic E-state index is 12.5. The average Bonchev–Trinajstić information content (AvgIpc) is 3.12. The van der Waals surface area contributed by atoms with Crippen molar-refractivity contribution < 1.29 is 9.59 Å². The van der Waals surface area contributed by atoms with Gasteiger partial charge in [0.05, 0.1) is 12.2 Å². The summed E-state index contributed by atoms with van der Waals surface area (Å²) < 4.78 is 0. The second-order valence-corrected chi connectivity index (χ2v) is 5.66. The van der Waals surface area contributed by atoms with Gasteiger partial charge in [0.2, 0.25) is 5.78 Å². The molecule has 126 valence electrons. The van der Waals surface area contributed by atoms with E-state index in [2.05, 4.69) is 25.3 Å². The molecule has 0 fully saturated rings. The molecule has 1 amide bonds. The first-order chi connectivity index (χ1) is 11.6. The van der Waals surface area contributed by atoms with Crippen LogP contribution in [0, 0.1) is 0 Å². The van der Waals surface area contributed by atoms with Gasteiger partial charge < -0.3 is 16.8 Å². The first-order valence-corrected chi connectivity index (χ1v) is 8.02. The van der Waals surface area contributed by atoms with Crippen LogP contribution in [0.15, 0.2) is 35.2 Å². The van der Waals surface area contributed by atoms with Gasteiger partial charge in [0.15, 0.2) is 11.0 Å². The standard InChI is InChI=1S/C14H17N7O2S/c15-14(16)20-3-1-2-9(11(22)13-19-6-7-24-13)21-12(23)10-8-17-4-5-18-10/h4-9H,1-3H2,(H,21,23)(H4,15,16,20). The molecule has 0 aromatic carbocycles. The van der Waals surface area contributed by atoms with E-state index in [9.17, 15) is 9.59 Å². The Bertz CT molecular complexity index is 699. The van der Waals surface area contributed by atoms with Gasteiger partial charge in [-0.25, -0.2) is 9.97 Å². The van der Waals surface area contributed by atoms with E-state index in [0.717, 1.165) is 0 Å². The van der Waals surface area contributed by atoms with Crippen molar-refractivity contribution in [1.29, 1.82) is 0 Å². The number of nitrogens with zero attached hydrogens (tertiary/aromatic N) is 4. The Morgan fingerprint density at radius 1 is 1.25 bits per heavy atom. The minimum atomic E-state index is -0.736. The van der Waals surface area contributed by atoms with Crippen LogP contribution in [0.1, 0.15) is 33.1 Å². The van der Waals surface area contributed by atoms with Crippen molar-refractivity contribution in [2.24, 2.45) is 16.5 Å². The van der Waals surface area contributed by atoms with E-state index in [4.69, 9.17) is 11.5 Å². The van der Waals surface area contributed by atoms with Crippen molar-refractivity contribution in [3.8, 4) is 0 Å². The monoisotopic (exact) mass is 347 g/mol. The Morgan fingerprint density at radius 3 is 2.71 bits per heavy atom. The lowest BCUT2D eigenvalue weighted by Crippen LogP contribution is -2.41. The maximum absolute atomic E-state index is 12.5. The van der Waals surface area contributed by atoms with E-state index in [1.165, 1.54) is 29.9 Å².